The Hall–Kier alpha value is -6.27. The molecule has 0 fully saturated rings. The highest BCUT2D eigenvalue weighted by atomic mass is 16.5. The van der Waals surface area contributed by atoms with Gasteiger partial charge in [0.2, 0.25) is 23.1 Å². The summed E-state index contributed by atoms with van der Waals surface area (Å²) in [5.74, 6) is -1.35. The maximum atomic E-state index is 13.9. The molecule has 3 amide bonds. The van der Waals surface area contributed by atoms with Crippen molar-refractivity contribution in [2.45, 2.75) is 92.2 Å². The minimum atomic E-state index is -1.23. The van der Waals surface area contributed by atoms with Gasteiger partial charge in [-0.3, -0.25) is 23.7 Å². The number of carbonyl (C=O) groups is 3. The SMILES string of the molecule is CCn1nc(C)cc1C(=O)N=c1n(C)c2cc(C(N)=O)cc(OCCCO)c2n1C(C)CCC(C)n1c(=NC(O)c2cc(C)nn2CC)n(C)c2cc(C(N)=O)ccc21. The van der Waals surface area contributed by atoms with E-state index < -0.39 is 23.9 Å². The van der Waals surface area contributed by atoms with E-state index in [9.17, 15) is 24.6 Å². The summed E-state index contributed by atoms with van der Waals surface area (Å²) in [7, 11) is 3.59. The Balaban J connectivity index is 1.49. The van der Waals surface area contributed by atoms with Crippen LogP contribution in [0.1, 0.15) is 114 Å². The van der Waals surface area contributed by atoms with Gasteiger partial charge in [-0.05, 0) is 96.8 Å². The fourth-order valence-corrected chi connectivity index (χ4v) is 7.66. The Morgan fingerprint density at radius 1 is 0.797 bits per heavy atom. The van der Waals surface area contributed by atoms with Crippen molar-refractivity contribution in [3.05, 3.63) is 87.6 Å². The summed E-state index contributed by atoms with van der Waals surface area (Å²) in [4.78, 5) is 48.2. The van der Waals surface area contributed by atoms with Crippen LogP contribution in [-0.2, 0) is 27.2 Å². The molecule has 314 valence electrons. The van der Waals surface area contributed by atoms with Crippen LogP contribution < -0.4 is 27.4 Å². The van der Waals surface area contributed by atoms with Gasteiger partial charge in [0.05, 0.1) is 40.2 Å². The minimum Gasteiger partial charge on any atom is -0.491 e. The summed E-state index contributed by atoms with van der Waals surface area (Å²) < 4.78 is 17.1. The zero-order valence-corrected chi connectivity index (χ0v) is 34.9. The van der Waals surface area contributed by atoms with Crippen LogP contribution in [0.3, 0.4) is 0 Å². The van der Waals surface area contributed by atoms with Crippen LogP contribution in [-0.4, -0.2) is 79.0 Å². The highest BCUT2D eigenvalue weighted by Crippen LogP contribution is 2.32. The maximum absolute atomic E-state index is 13.9. The molecule has 0 saturated heterocycles. The number of fused-ring (bicyclic) bond motifs is 2. The van der Waals surface area contributed by atoms with Gasteiger partial charge in [0.1, 0.15) is 17.0 Å². The minimum absolute atomic E-state index is 0.0931. The second-order valence-electron chi connectivity index (χ2n) is 14.9. The monoisotopic (exact) mass is 810 g/mol. The molecule has 59 heavy (non-hydrogen) atoms. The van der Waals surface area contributed by atoms with E-state index in [-0.39, 0.29) is 30.9 Å². The van der Waals surface area contributed by atoms with E-state index in [4.69, 9.17) is 21.2 Å². The number of ether oxygens (including phenoxy) is 1. The number of amides is 3. The third kappa shape index (κ3) is 8.22. The Labute approximate surface area is 340 Å². The third-order valence-electron chi connectivity index (χ3n) is 10.7. The summed E-state index contributed by atoms with van der Waals surface area (Å²) in [6, 6.07) is 11.4. The van der Waals surface area contributed by atoms with Gasteiger partial charge in [-0.2, -0.15) is 15.2 Å². The first-order valence-corrected chi connectivity index (χ1v) is 19.8. The zero-order chi connectivity index (χ0) is 42.9. The van der Waals surface area contributed by atoms with Crippen LogP contribution in [0, 0.1) is 13.8 Å². The molecule has 6 rings (SSSR count). The molecule has 0 aliphatic rings. The van der Waals surface area contributed by atoms with Crippen molar-refractivity contribution in [2.75, 3.05) is 13.2 Å². The smallest absolute Gasteiger partial charge is 0.298 e. The quantitative estimate of drug-likeness (QED) is 0.106. The molecule has 6 aromatic rings. The average molecular weight is 811 g/mol. The fraction of sp³-hybridized carbons (Fsp3) is 0.439. The average Bonchev–Trinajstić information content (AvgIpc) is 3.94. The molecular formula is C41H54N12O6. The molecule has 0 spiro atoms. The highest BCUT2D eigenvalue weighted by Gasteiger charge is 2.25. The Bertz CT molecular complexity index is 2710. The first-order chi connectivity index (χ1) is 28.1. The van der Waals surface area contributed by atoms with Gasteiger partial charge in [-0.15, -0.1) is 0 Å². The topological polar surface area (TPSA) is 233 Å². The van der Waals surface area contributed by atoms with Crippen molar-refractivity contribution in [3.8, 4) is 5.75 Å². The lowest BCUT2D eigenvalue weighted by molar-refractivity contribution is 0.0980. The van der Waals surface area contributed by atoms with Crippen molar-refractivity contribution in [1.82, 2.24) is 37.8 Å². The number of rotatable bonds is 16. The van der Waals surface area contributed by atoms with Gasteiger partial charge < -0.3 is 44.7 Å². The molecule has 0 saturated carbocycles. The van der Waals surface area contributed by atoms with E-state index in [1.807, 2.05) is 61.4 Å². The molecule has 0 bridgehead atoms. The van der Waals surface area contributed by atoms with E-state index in [0.717, 1.165) is 11.2 Å². The third-order valence-corrected chi connectivity index (χ3v) is 10.7. The molecule has 3 atom stereocenters. The molecule has 3 unspecified atom stereocenters. The number of benzene rings is 2. The second-order valence-corrected chi connectivity index (χ2v) is 14.9. The lowest BCUT2D eigenvalue weighted by Crippen LogP contribution is -2.30. The van der Waals surface area contributed by atoms with Crippen LogP contribution in [0.5, 0.6) is 5.75 Å². The lowest BCUT2D eigenvalue weighted by Gasteiger charge is -2.21. The zero-order valence-electron chi connectivity index (χ0n) is 34.9. The molecule has 18 nitrogen and oxygen atoms in total. The first kappa shape index (κ1) is 42.3. The number of hydrogen-bond donors (Lipinski definition) is 4. The summed E-state index contributed by atoms with van der Waals surface area (Å²) >= 11 is 0. The number of imidazole rings is 2. The standard InChI is InChI=1S/C41H54N12O6/c1-9-50-32(18-23(3)46-50)38(57)44-40-48(7)30-20-27(36(42)55)14-15-29(30)52(40)25(5)12-13-26(6)53-35-31(21-28(37(43)56)22-34(35)59-17-11-16-54)49(8)41(53)45-39(58)33-19-24(4)47-51(33)10-2/h14-15,18-22,25-26,38,54,57H,9-13,16-17H2,1-8H3,(H2,42,55)(H2,43,56). The molecular weight excluding hydrogens is 757 g/mol. The fourth-order valence-electron chi connectivity index (χ4n) is 7.66. The number of carbonyl (C=O) groups excluding carboxylic acids is 3. The van der Waals surface area contributed by atoms with Gasteiger partial charge in [-0.25, -0.2) is 4.99 Å². The number of aliphatic hydroxyl groups excluding tert-OH is 2. The predicted octanol–water partition coefficient (Wildman–Crippen LogP) is 3.22. The molecule has 4 heterocycles. The molecule has 18 heteroatoms. The van der Waals surface area contributed by atoms with Gasteiger partial charge in [0, 0.05) is 63.4 Å². The summed E-state index contributed by atoms with van der Waals surface area (Å²) in [6.07, 6.45) is 0.242. The summed E-state index contributed by atoms with van der Waals surface area (Å²) in [5.41, 5.74) is 17.8. The summed E-state index contributed by atoms with van der Waals surface area (Å²) in [6.45, 7) is 12.7. The van der Waals surface area contributed by atoms with Gasteiger partial charge >= 0.3 is 0 Å². The van der Waals surface area contributed by atoms with Gasteiger partial charge in [0.15, 0.2) is 6.23 Å². The van der Waals surface area contributed by atoms with E-state index in [2.05, 4.69) is 22.1 Å². The van der Waals surface area contributed by atoms with Crippen LogP contribution in [0.2, 0.25) is 0 Å². The second kappa shape index (κ2) is 17.3. The molecule has 2 aromatic carbocycles. The molecule has 0 radical (unpaired) electrons. The lowest BCUT2D eigenvalue weighted by atomic mass is 10.1. The Morgan fingerprint density at radius 3 is 2.05 bits per heavy atom. The van der Waals surface area contributed by atoms with E-state index in [1.165, 1.54) is 0 Å². The molecule has 0 aliphatic heterocycles. The Morgan fingerprint density at radius 2 is 1.41 bits per heavy atom. The van der Waals surface area contributed by atoms with E-state index in [1.54, 1.807) is 57.4 Å². The number of aromatic nitrogens is 8. The maximum Gasteiger partial charge on any atom is 0.298 e. The number of aliphatic hydroxyl groups is 2. The largest absolute Gasteiger partial charge is 0.491 e. The number of nitrogens with zero attached hydrogens (tertiary/aromatic N) is 10. The Kier molecular flexibility index (Phi) is 12.4. The van der Waals surface area contributed by atoms with Gasteiger partial charge in [0.25, 0.3) is 5.91 Å². The van der Waals surface area contributed by atoms with Crippen molar-refractivity contribution in [1.29, 1.82) is 0 Å². The number of aryl methyl sites for hydroxylation is 6. The van der Waals surface area contributed by atoms with Crippen LogP contribution in [0.4, 0.5) is 0 Å². The summed E-state index contributed by atoms with van der Waals surface area (Å²) in [5, 5.41) is 30.0. The van der Waals surface area contributed by atoms with Crippen molar-refractivity contribution < 1.29 is 29.3 Å². The van der Waals surface area contributed by atoms with Gasteiger partial charge in [-0.1, -0.05) is 0 Å². The number of nitrogens with two attached hydrogens (primary N) is 2. The van der Waals surface area contributed by atoms with Crippen LogP contribution in [0.15, 0.2) is 52.4 Å². The molecule has 4 aromatic heterocycles. The van der Waals surface area contributed by atoms with Crippen molar-refractivity contribution >= 4 is 39.8 Å². The van der Waals surface area contributed by atoms with E-state index >= 15 is 0 Å². The first-order valence-electron chi connectivity index (χ1n) is 19.8. The van der Waals surface area contributed by atoms with Crippen LogP contribution >= 0.6 is 0 Å². The number of primary amides is 2. The van der Waals surface area contributed by atoms with Crippen molar-refractivity contribution in [3.63, 3.8) is 0 Å². The normalized spacial score (nSPS) is 14.1. The highest BCUT2D eigenvalue weighted by molar-refractivity contribution is 5.99. The van der Waals surface area contributed by atoms with E-state index in [0.29, 0.717) is 88.5 Å². The number of hydrogen-bond acceptors (Lipinski definition) is 9. The van der Waals surface area contributed by atoms with Crippen molar-refractivity contribution in [2.24, 2.45) is 35.5 Å². The predicted molar refractivity (Wildman–Crippen MR) is 220 cm³/mol. The molecule has 0 aliphatic carbocycles. The van der Waals surface area contributed by atoms with Crippen LogP contribution in [0.25, 0.3) is 22.1 Å². The molecule has 6 N–H and O–H groups in total.